The number of methoxy groups -OCH3 is 1. The van der Waals surface area contributed by atoms with Crippen molar-refractivity contribution in [3.63, 3.8) is 0 Å². The molecule has 0 N–H and O–H groups in total. The molecular formula is C52H88O8. The number of aryl methyl sites for hydroxylation is 1. The summed E-state index contributed by atoms with van der Waals surface area (Å²) in [6.45, 7) is 16.5. The van der Waals surface area contributed by atoms with E-state index in [2.05, 4.69) is 41.5 Å². The van der Waals surface area contributed by atoms with Crippen LogP contribution < -0.4 is 33.2 Å². The first kappa shape index (κ1) is 52.8. The highest BCUT2D eigenvalue weighted by Gasteiger charge is 2.29. The molecule has 0 aliphatic heterocycles. The van der Waals surface area contributed by atoms with Gasteiger partial charge in [-0.1, -0.05) is 157 Å². The van der Waals surface area contributed by atoms with Gasteiger partial charge in [-0.15, -0.1) is 0 Å². The van der Waals surface area contributed by atoms with Gasteiger partial charge in [0.05, 0.1) is 46.8 Å². The molecule has 0 saturated carbocycles. The van der Waals surface area contributed by atoms with Crippen LogP contribution in [0, 0.1) is 0 Å². The van der Waals surface area contributed by atoms with E-state index in [1.54, 1.807) is 7.11 Å². The van der Waals surface area contributed by atoms with Gasteiger partial charge in [0.15, 0.2) is 40.3 Å². The molecule has 0 bridgehead atoms. The number of Topliss-reactive ketones (excluding diaryl/α,β-unsaturated/α-hetero) is 1. The highest BCUT2D eigenvalue weighted by molar-refractivity contribution is 6.03. The summed E-state index contributed by atoms with van der Waals surface area (Å²) in [6.07, 6.45) is 26.6. The van der Waals surface area contributed by atoms with Crippen molar-refractivity contribution in [1.82, 2.24) is 0 Å². The second kappa shape index (κ2) is 35.3. The second-order valence-electron chi connectivity index (χ2n) is 16.4. The largest absolute Gasteiger partial charge is 0.493 e. The van der Waals surface area contributed by atoms with E-state index in [0.29, 0.717) is 86.1 Å². The average molecular weight is 841 g/mol. The van der Waals surface area contributed by atoms with Crippen LogP contribution in [-0.2, 0) is 6.42 Å². The lowest BCUT2D eigenvalue weighted by molar-refractivity contribution is 0.0971. The third kappa shape index (κ3) is 21.5. The first-order valence-corrected chi connectivity index (χ1v) is 24.7. The minimum absolute atomic E-state index is 0.0758. The van der Waals surface area contributed by atoms with E-state index in [1.807, 2.05) is 18.2 Å². The van der Waals surface area contributed by atoms with E-state index >= 15 is 4.79 Å². The number of ketones is 1. The zero-order valence-corrected chi connectivity index (χ0v) is 39.6. The van der Waals surface area contributed by atoms with E-state index in [-0.39, 0.29) is 12.2 Å². The number of hydrogen-bond donors (Lipinski definition) is 0. The fourth-order valence-corrected chi connectivity index (χ4v) is 7.19. The molecule has 0 saturated heterocycles. The molecule has 0 atom stereocenters. The van der Waals surface area contributed by atoms with Crippen LogP contribution in [0.5, 0.6) is 40.2 Å². The van der Waals surface area contributed by atoms with Gasteiger partial charge < -0.3 is 33.2 Å². The highest BCUT2D eigenvalue weighted by atomic mass is 16.5. The average Bonchev–Trinajstić information content (AvgIpc) is 3.25. The van der Waals surface area contributed by atoms with Crippen molar-refractivity contribution in [3.05, 3.63) is 29.3 Å². The summed E-state index contributed by atoms with van der Waals surface area (Å²) in [7, 11) is 1.67. The van der Waals surface area contributed by atoms with Crippen LogP contribution in [0.25, 0.3) is 0 Å². The molecule has 0 unspecified atom stereocenters. The molecule has 8 heteroatoms. The summed E-state index contributed by atoms with van der Waals surface area (Å²) in [5, 5.41) is 0. The molecule has 60 heavy (non-hydrogen) atoms. The second-order valence-corrected chi connectivity index (χ2v) is 16.4. The van der Waals surface area contributed by atoms with Crippen molar-refractivity contribution in [2.24, 2.45) is 0 Å². The molecule has 344 valence electrons. The number of unbranched alkanes of at least 4 members (excludes halogenated alkanes) is 18. The molecule has 0 amide bonds. The Bertz CT molecular complexity index is 1320. The van der Waals surface area contributed by atoms with Crippen molar-refractivity contribution in [3.8, 4) is 40.2 Å². The molecule has 0 fully saturated rings. The number of benzene rings is 2. The zero-order chi connectivity index (χ0) is 43.5. The highest BCUT2D eigenvalue weighted by Crippen LogP contribution is 2.47. The zero-order valence-electron chi connectivity index (χ0n) is 39.6. The van der Waals surface area contributed by atoms with Crippen LogP contribution in [0.4, 0.5) is 0 Å². The van der Waals surface area contributed by atoms with Crippen LogP contribution in [0.1, 0.15) is 218 Å². The minimum atomic E-state index is -0.0758. The lowest BCUT2D eigenvalue weighted by atomic mass is 9.99. The molecule has 0 aliphatic rings. The predicted molar refractivity (Wildman–Crippen MR) is 250 cm³/mol. The van der Waals surface area contributed by atoms with Crippen molar-refractivity contribution < 1.29 is 38.0 Å². The Balaban J connectivity index is 2.67. The standard InChI is InChI=1S/C52H88O8/c1-8-14-20-26-34-55-44-40-43(50(46(41-44)54-7)58-37-29-23-17-11-4)32-33-45(53)49-51(59-38-30-24-18-12-5)47(56-35-27-21-15-9-2)42-48(57-36-28-22-16-10-3)52(49)60-39-31-25-19-13-6/h40-42H,8-39H2,1-7H3. The maximum Gasteiger partial charge on any atom is 0.176 e. The van der Waals surface area contributed by atoms with Crippen molar-refractivity contribution in [2.75, 3.05) is 46.8 Å². The summed E-state index contributed by atoms with van der Waals surface area (Å²) in [6, 6.07) is 5.89. The van der Waals surface area contributed by atoms with Gasteiger partial charge in [-0.3, -0.25) is 4.79 Å². The quantitative estimate of drug-likeness (QED) is 0.0484. The van der Waals surface area contributed by atoms with Crippen molar-refractivity contribution in [1.29, 1.82) is 0 Å². The summed E-state index contributed by atoms with van der Waals surface area (Å²) < 4.78 is 45.1. The Morgan fingerprint density at radius 3 is 1.15 bits per heavy atom. The molecule has 0 radical (unpaired) electrons. The Morgan fingerprint density at radius 2 is 0.767 bits per heavy atom. The third-order valence-electron chi connectivity index (χ3n) is 10.9. The first-order chi connectivity index (χ1) is 29.5. The number of rotatable bonds is 41. The van der Waals surface area contributed by atoms with E-state index in [9.17, 15) is 0 Å². The SMILES string of the molecule is CCCCCCOc1cc(CCC(=O)c2c(OCCCCCC)c(OCCCCCC)cc(OCCCCCC)c2OCCCCCC)c(OCCCCCC)c(OC)c1. The number of hydrogen-bond acceptors (Lipinski definition) is 8. The lowest BCUT2D eigenvalue weighted by Gasteiger charge is -2.23. The van der Waals surface area contributed by atoms with Gasteiger partial charge in [0.2, 0.25) is 0 Å². The van der Waals surface area contributed by atoms with Gasteiger partial charge in [-0.2, -0.15) is 0 Å². The van der Waals surface area contributed by atoms with Gasteiger partial charge in [-0.25, -0.2) is 0 Å². The van der Waals surface area contributed by atoms with Gasteiger partial charge in [0, 0.05) is 24.1 Å². The van der Waals surface area contributed by atoms with Crippen molar-refractivity contribution in [2.45, 2.75) is 208 Å². The molecule has 0 aliphatic carbocycles. The van der Waals surface area contributed by atoms with Gasteiger partial charge >= 0.3 is 0 Å². The Labute approximate surface area is 367 Å². The summed E-state index contributed by atoms with van der Waals surface area (Å²) in [5.74, 6) is 4.03. The molecule has 2 aromatic rings. The molecule has 8 nitrogen and oxygen atoms in total. The predicted octanol–water partition coefficient (Wildman–Crippen LogP) is 15.3. The fraction of sp³-hybridized carbons (Fsp3) is 0.750. The monoisotopic (exact) mass is 841 g/mol. The maximum atomic E-state index is 15.0. The van der Waals surface area contributed by atoms with Crippen LogP contribution in [0.2, 0.25) is 0 Å². The minimum Gasteiger partial charge on any atom is -0.493 e. The normalized spacial score (nSPS) is 11.1. The third-order valence-corrected chi connectivity index (χ3v) is 10.9. The summed E-state index contributed by atoms with van der Waals surface area (Å²) in [4.78, 5) is 15.0. The lowest BCUT2D eigenvalue weighted by Crippen LogP contribution is -2.14. The van der Waals surface area contributed by atoms with E-state index < -0.39 is 0 Å². The molecule has 0 heterocycles. The molecular weight excluding hydrogens is 753 g/mol. The first-order valence-electron chi connectivity index (χ1n) is 24.7. The maximum absolute atomic E-state index is 15.0. The Hall–Kier alpha value is -3.29. The van der Waals surface area contributed by atoms with Crippen LogP contribution in [0.3, 0.4) is 0 Å². The van der Waals surface area contributed by atoms with Gasteiger partial charge in [0.25, 0.3) is 0 Å². The number of ether oxygens (including phenoxy) is 7. The summed E-state index contributed by atoms with van der Waals surface area (Å²) in [5.41, 5.74) is 1.31. The van der Waals surface area contributed by atoms with Crippen LogP contribution in [0.15, 0.2) is 18.2 Å². The molecule has 0 aromatic heterocycles. The molecule has 0 spiro atoms. The van der Waals surface area contributed by atoms with E-state index in [1.165, 1.54) is 19.3 Å². The smallest absolute Gasteiger partial charge is 0.176 e. The number of carbonyl (C=O) groups excluding carboxylic acids is 1. The topological polar surface area (TPSA) is 81.7 Å². The van der Waals surface area contributed by atoms with E-state index in [0.717, 1.165) is 146 Å². The Kier molecular flexibility index (Phi) is 31.1. The molecule has 2 aromatic carbocycles. The summed E-state index contributed by atoms with van der Waals surface area (Å²) >= 11 is 0. The van der Waals surface area contributed by atoms with Crippen LogP contribution >= 0.6 is 0 Å². The Morgan fingerprint density at radius 1 is 0.400 bits per heavy atom. The molecule has 2 rings (SSSR count). The van der Waals surface area contributed by atoms with E-state index in [4.69, 9.17) is 33.2 Å². The van der Waals surface area contributed by atoms with Gasteiger partial charge in [0.1, 0.15) is 11.3 Å². The van der Waals surface area contributed by atoms with Gasteiger partial charge in [-0.05, 0) is 51.0 Å². The van der Waals surface area contributed by atoms with Crippen molar-refractivity contribution >= 4 is 5.78 Å². The fourth-order valence-electron chi connectivity index (χ4n) is 7.19. The van der Waals surface area contributed by atoms with Crippen LogP contribution in [-0.4, -0.2) is 52.5 Å². The number of carbonyl (C=O) groups is 1.